The lowest BCUT2D eigenvalue weighted by molar-refractivity contribution is 0.0947. The van der Waals surface area contributed by atoms with Gasteiger partial charge in [-0.1, -0.05) is 42.5 Å². The van der Waals surface area contributed by atoms with Gasteiger partial charge in [-0.2, -0.15) is 5.10 Å². The number of amides is 1. The minimum atomic E-state index is -3.65. The Labute approximate surface area is 152 Å². The molecule has 3 aromatic rings. The summed E-state index contributed by atoms with van der Waals surface area (Å²) in [7, 11) is -3.65. The van der Waals surface area contributed by atoms with Gasteiger partial charge in [-0.05, 0) is 30.7 Å². The first-order valence-corrected chi connectivity index (χ1v) is 9.76. The van der Waals surface area contributed by atoms with Gasteiger partial charge < -0.3 is 5.32 Å². The summed E-state index contributed by atoms with van der Waals surface area (Å²) in [6.45, 7) is 2.08. The molecule has 3 rings (SSSR count). The standard InChI is InChI=1S/C19H19N3O3S/c1-14-11-16(22-21-14)12-20-19(23)17-9-5-6-10-18(17)26(24,25)13-15-7-3-2-4-8-15/h2-11H,12-13H2,1H3,(H,20,23)(H,21,22). The van der Waals surface area contributed by atoms with E-state index in [1.54, 1.807) is 36.4 Å². The van der Waals surface area contributed by atoms with Crippen molar-refractivity contribution in [1.82, 2.24) is 15.5 Å². The fourth-order valence-corrected chi connectivity index (χ4v) is 4.20. The highest BCUT2D eigenvalue weighted by atomic mass is 32.2. The Morgan fingerprint density at radius 1 is 1.08 bits per heavy atom. The van der Waals surface area contributed by atoms with Crippen LogP contribution in [0.4, 0.5) is 0 Å². The number of carbonyl (C=O) groups is 1. The summed E-state index contributed by atoms with van der Waals surface area (Å²) in [4.78, 5) is 12.6. The molecule has 0 fully saturated rings. The molecule has 7 heteroatoms. The fraction of sp³-hybridized carbons (Fsp3) is 0.158. The van der Waals surface area contributed by atoms with Crippen LogP contribution in [0.2, 0.25) is 0 Å². The van der Waals surface area contributed by atoms with Crippen molar-refractivity contribution in [2.45, 2.75) is 24.1 Å². The van der Waals surface area contributed by atoms with E-state index in [9.17, 15) is 13.2 Å². The van der Waals surface area contributed by atoms with Crippen LogP contribution in [0.3, 0.4) is 0 Å². The Morgan fingerprint density at radius 3 is 2.46 bits per heavy atom. The third kappa shape index (κ3) is 4.18. The zero-order chi connectivity index (χ0) is 18.6. The van der Waals surface area contributed by atoms with E-state index >= 15 is 0 Å². The van der Waals surface area contributed by atoms with E-state index in [1.165, 1.54) is 12.1 Å². The van der Waals surface area contributed by atoms with E-state index in [0.29, 0.717) is 11.3 Å². The normalized spacial score (nSPS) is 11.3. The highest BCUT2D eigenvalue weighted by Crippen LogP contribution is 2.20. The van der Waals surface area contributed by atoms with Gasteiger partial charge in [0.1, 0.15) is 0 Å². The maximum absolute atomic E-state index is 12.8. The summed E-state index contributed by atoms with van der Waals surface area (Å²) in [6.07, 6.45) is 0. The largest absolute Gasteiger partial charge is 0.346 e. The molecule has 2 N–H and O–H groups in total. The van der Waals surface area contributed by atoms with Crippen molar-refractivity contribution in [2.24, 2.45) is 0 Å². The first-order chi connectivity index (χ1) is 12.5. The number of aromatic nitrogens is 2. The van der Waals surface area contributed by atoms with E-state index in [4.69, 9.17) is 0 Å². The lowest BCUT2D eigenvalue weighted by Gasteiger charge is -2.10. The highest BCUT2D eigenvalue weighted by molar-refractivity contribution is 7.90. The molecule has 0 aliphatic heterocycles. The van der Waals surface area contributed by atoms with Crippen LogP contribution >= 0.6 is 0 Å². The van der Waals surface area contributed by atoms with Gasteiger partial charge >= 0.3 is 0 Å². The van der Waals surface area contributed by atoms with Crippen molar-refractivity contribution in [3.63, 3.8) is 0 Å². The second-order valence-electron chi connectivity index (χ2n) is 5.97. The number of nitrogens with zero attached hydrogens (tertiary/aromatic N) is 1. The topological polar surface area (TPSA) is 91.9 Å². The molecule has 1 aromatic heterocycles. The summed E-state index contributed by atoms with van der Waals surface area (Å²) < 4.78 is 25.6. The van der Waals surface area contributed by atoms with Gasteiger partial charge in [-0.15, -0.1) is 0 Å². The van der Waals surface area contributed by atoms with Crippen LogP contribution in [0.15, 0.2) is 65.6 Å². The van der Waals surface area contributed by atoms with Crippen LogP contribution < -0.4 is 5.32 Å². The quantitative estimate of drug-likeness (QED) is 0.699. The summed E-state index contributed by atoms with van der Waals surface area (Å²) >= 11 is 0. The highest BCUT2D eigenvalue weighted by Gasteiger charge is 2.22. The number of aromatic amines is 1. The van der Waals surface area contributed by atoms with Crippen molar-refractivity contribution in [3.8, 4) is 0 Å². The maximum atomic E-state index is 12.8. The molecule has 1 heterocycles. The first kappa shape index (κ1) is 17.9. The Morgan fingerprint density at radius 2 is 1.77 bits per heavy atom. The summed E-state index contributed by atoms with van der Waals surface area (Å²) in [5.74, 6) is -0.602. The Hall–Kier alpha value is -2.93. The molecule has 2 aromatic carbocycles. The summed E-state index contributed by atoms with van der Waals surface area (Å²) in [5, 5.41) is 9.57. The molecule has 0 aliphatic rings. The van der Waals surface area contributed by atoms with E-state index in [0.717, 1.165) is 5.69 Å². The van der Waals surface area contributed by atoms with Gasteiger partial charge in [0.05, 0.1) is 28.5 Å². The van der Waals surface area contributed by atoms with E-state index in [2.05, 4.69) is 15.5 Å². The summed E-state index contributed by atoms with van der Waals surface area (Å²) in [5.41, 5.74) is 2.38. The van der Waals surface area contributed by atoms with Gasteiger partial charge in [-0.3, -0.25) is 9.89 Å². The zero-order valence-corrected chi connectivity index (χ0v) is 15.1. The lowest BCUT2D eigenvalue weighted by Crippen LogP contribution is -2.25. The molecule has 26 heavy (non-hydrogen) atoms. The lowest BCUT2D eigenvalue weighted by atomic mass is 10.2. The molecule has 134 valence electrons. The second-order valence-corrected chi connectivity index (χ2v) is 7.92. The van der Waals surface area contributed by atoms with Crippen molar-refractivity contribution >= 4 is 15.7 Å². The van der Waals surface area contributed by atoms with Gasteiger partial charge in [0.2, 0.25) is 0 Å². The Balaban J connectivity index is 1.81. The van der Waals surface area contributed by atoms with Crippen molar-refractivity contribution in [2.75, 3.05) is 0 Å². The number of benzene rings is 2. The van der Waals surface area contributed by atoms with E-state index in [-0.39, 0.29) is 22.8 Å². The number of rotatable bonds is 6. The van der Waals surface area contributed by atoms with Crippen LogP contribution in [-0.4, -0.2) is 24.5 Å². The molecule has 0 atom stereocenters. The van der Waals surface area contributed by atoms with E-state index in [1.807, 2.05) is 19.1 Å². The number of aryl methyl sites for hydroxylation is 1. The SMILES string of the molecule is Cc1cc(CNC(=O)c2ccccc2S(=O)(=O)Cc2ccccc2)n[nH]1. The molecule has 0 spiro atoms. The van der Waals surface area contributed by atoms with Gasteiger partial charge in [0.25, 0.3) is 5.91 Å². The molecule has 0 bridgehead atoms. The van der Waals surface area contributed by atoms with E-state index < -0.39 is 15.7 Å². The third-order valence-electron chi connectivity index (χ3n) is 3.86. The van der Waals surface area contributed by atoms with Crippen LogP contribution in [-0.2, 0) is 22.1 Å². The minimum absolute atomic E-state index is 0.0274. The van der Waals surface area contributed by atoms with Crippen molar-refractivity contribution < 1.29 is 13.2 Å². The first-order valence-electron chi connectivity index (χ1n) is 8.10. The van der Waals surface area contributed by atoms with Gasteiger partial charge in [0.15, 0.2) is 9.84 Å². The van der Waals surface area contributed by atoms with Gasteiger partial charge in [-0.25, -0.2) is 8.42 Å². The number of sulfone groups is 1. The molecule has 0 unspecified atom stereocenters. The monoisotopic (exact) mass is 369 g/mol. The molecular weight excluding hydrogens is 350 g/mol. The Kier molecular flexibility index (Phi) is 5.18. The average molecular weight is 369 g/mol. The zero-order valence-electron chi connectivity index (χ0n) is 14.3. The van der Waals surface area contributed by atoms with Crippen LogP contribution in [0.5, 0.6) is 0 Å². The van der Waals surface area contributed by atoms with Crippen LogP contribution in [0.25, 0.3) is 0 Å². The molecule has 0 saturated heterocycles. The molecule has 6 nitrogen and oxygen atoms in total. The van der Waals surface area contributed by atoms with Gasteiger partial charge in [0, 0.05) is 5.69 Å². The van der Waals surface area contributed by atoms with Crippen LogP contribution in [0.1, 0.15) is 27.3 Å². The number of carbonyl (C=O) groups excluding carboxylic acids is 1. The number of nitrogens with one attached hydrogen (secondary N) is 2. The maximum Gasteiger partial charge on any atom is 0.252 e. The predicted molar refractivity (Wildman–Crippen MR) is 98.3 cm³/mol. The molecular formula is C19H19N3O3S. The van der Waals surface area contributed by atoms with Crippen molar-refractivity contribution in [1.29, 1.82) is 0 Å². The fourth-order valence-electron chi connectivity index (χ4n) is 2.63. The molecule has 0 radical (unpaired) electrons. The molecule has 0 saturated carbocycles. The summed E-state index contributed by atoms with van der Waals surface area (Å²) in [6, 6.07) is 17.0. The minimum Gasteiger partial charge on any atom is -0.346 e. The predicted octanol–water partition coefficient (Wildman–Crippen LogP) is 2.62. The molecule has 1 amide bonds. The smallest absolute Gasteiger partial charge is 0.252 e. The molecule has 0 aliphatic carbocycles. The third-order valence-corrected chi connectivity index (χ3v) is 5.59. The number of hydrogen-bond donors (Lipinski definition) is 2. The van der Waals surface area contributed by atoms with Crippen molar-refractivity contribution in [3.05, 3.63) is 83.2 Å². The Bertz CT molecular complexity index is 1010. The second kappa shape index (κ2) is 7.53. The van der Waals surface area contributed by atoms with Crippen LogP contribution in [0, 0.1) is 6.92 Å². The average Bonchev–Trinajstić information content (AvgIpc) is 3.05. The number of H-pyrrole nitrogens is 1. The number of hydrogen-bond acceptors (Lipinski definition) is 4.